The smallest absolute Gasteiger partial charge is 0.142 e. The molecule has 0 atom stereocenters. The third-order valence-corrected chi connectivity index (χ3v) is 3.97. The summed E-state index contributed by atoms with van der Waals surface area (Å²) in [5, 5.41) is 0. The standard InChI is InChI=1S/C14H21FN2O/c1-18-13-5-3-2-4-12(13)17-8-6-14(10-15,11-16)7-9-17/h2-5H,6-11,16H2,1H3. The molecule has 1 aliphatic heterocycles. The van der Waals surface area contributed by atoms with Crippen LogP contribution in [0.4, 0.5) is 10.1 Å². The van der Waals surface area contributed by atoms with E-state index >= 15 is 0 Å². The lowest BCUT2D eigenvalue weighted by Crippen LogP contribution is -2.45. The summed E-state index contributed by atoms with van der Waals surface area (Å²) in [7, 11) is 1.68. The van der Waals surface area contributed by atoms with E-state index in [4.69, 9.17) is 10.5 Å². The Morgan fingerprint density at radius 2 is 2.00 bits per heavy atom. The lowest BCUT2D eigenvalue weighted by molar-refractivity contribution is 0.168. The molecule has 4 heteroatoms. The highest BCUT2D eigenvalue weighted by Crippen LogP contribution is 2.36. The largest absolute Gasteiger partial charge is 0.495 e. The maximum Gasteiger partial charge on any atom is 0.142 e. The summed E-state index contributed by atoms with van der Waals surface area (Å²) in [5.74, 6) is 0.873. The third-order valence-electron chi connectivity index (χ3n) is 3.97. The van der Waals surface area contributed by atoms with E-state index in [1.54, 1.807) is 7.11 Å². The van der Waals surface area contributed by atoms with E-state index in [0.29, 0.717) is 6.54 Å². The molecule has 0 aliphatic carbocycles. The molecule has 3 nitrogen and oxygen atoms in total. The molecule has 1 aromatic carbocycles. The van der Waals surface area contributed by atoms with Gasteiger partial charge in [0.1, 0.15) is 5.75 Å². The first-order valence-electron chi connectivity index (χ1n) is 6.39. The Balaban J connectivity index is 2.10. The van der Waals surface area contributed by atoms with Crippen LogP contribution in [0.15, 0.2) is 24.3 Å². The Bertz CT molecular complexity index is 383. The zero-order valence-electron chi connectivity index (χ0n) is 10.9. The molecule has 0 spiro atoms. The van der Waals surface area contributed by atoms with Crippen molar-refractivity contribution in [2.45, 2.75) is 12.8 Å². The number of ether oxygens (including phenoxy) is 1. The summed E-state index contributed by atoms with van der Waals surface area (Å²) in [6, 6.07) is 7.95. The number of hydrogen-bond donors (Lipinski definition) is 1. The van der Waals surface area contributed by atoms with Crippen molar-refractivity contribution in [3.8, 4) is 5.75 Å². The molecular formula is C14H21FN2O. The van der Waals surface area contributed by atoms with E-state index in [2.05, 4.69) is 4.90 Å². The second-order valence-electron chi connectivity index (χ2n) is 5.00. The Morgan fingerprint density at radius 3 is 2.56 bits per heavy atom. The molecule has 0 unspecified atom stereocenters. The van der Waals surface area contributed by atoms with Gasteiger partial charge in [0.2, 0.25) is 0 Å². The number of alkyl halides is 1. The minimum absolute atomic E-state index is 0.307. The number of para-hydroxylation sites is 2. The monoisotopic (exact) mass is 252 g/mol. The molecule has 18 heavy (non-hydrogen) atoms. The fourth-order valence-electron chi connectivity index (χ4n) is 2.51. The van der Waals surface area contributed by atoms with Crippen molar-refractivity contribution >= 4 is 5.69 Å². The molecule has 1 saturated heterocycles. The van der Waals surface area contributed by atoms with Crippen LogP contribution in [0.2, 0.25) is 0 Å². The maximum atomic E-state index is 13.1. The second-order valence-corrected chi connectivity index (χ2v) is 5.00. The molecular weight excluding hydrogens is 231 g/mol. The number of halogens is 1. The Hall–Kier alpha value is -1.29. The molecule has 0 aromatic heterocycles. The second kappa shape index (κ2) is 5.57. The van der Waals surface area contributed by atoms with E-state index in [9.17, 15) is 4.39 Å². The molecule has 0 amide bonds. The van der Waals surface area contributed by atoms with Crippen molar-refractivity contribution in [3.05, 3.63) is 24.3 Å². The van der Waals surface area contributed by atoms with Crippen LogP contribution in [0, 0.1) is 5.41 Å². The average molecular weight is 252 g/mol. The summed E-state index contributed by atoms with van der Waals surface area (Å²) >= 11 is 0. The van der Waals surface area contributed by atoms with Crippen LogP contribution in [0.1, 0.15) is 12.8 Å². The number of rotatable bonds is 4. The number of methoxy groups -OCH3 is 1. The average Bonchev–Trinajstić information content (AvgIpc) is 2.47. The molecule has 0 radical (unpaired) electrons. The molecule has 1 fully saturated rings. The summed E-state index contributed by atoms with van der Waals surface area (Å²) < 4.78 is 18.4. The van der Waals surface area contributed by atoms with Gasteiger partial charge in [-0.15, -0.1) is 0 Å². The molecule has 0 saturated carbocycles. The van der Waals surface area contributed by atoms with Gasteiger partial charge in [0.25, 0.3) is 0 Å². The number of benzene rings is 1. The van der Waals surface area contributed by atoms with Crippen molar-refractivity contribution in [1.82, 2.24) is 0 Å². The van der Waals surface area contributed by atoms with Crippen LogP contribution in [0.3, 0.4) is 0 Å². The zero-order valence-corrected chi connectivity index (χ0v) is 10.9. The van der Waals surface area contributed by atoms with Crippen LogP contribution in [0.25, 0.3) is 0 Å². The zero-order chi connectivity index (χ0) is 13.0. The fraction of sp³-hybridized carbons (Fsp3) is 0.571. The summed E-state index contributed by atoms with van der Waals surface area (Å²) in [6.07, 6.45) is 1.61. The summed E-state index contributed by atoms with van der Waals surface area (Å²) in [4.78, 5) is 2.25. The van der Waals surface area contributed by atoms with Crippen LogP contribution in [0.5, 0.6) is 5.75 Å². The fourth-order valence-corrected chi connectivity index (χ4v) is 2.51. The van der Waals surface area contributed by atoms with Crippen molar-refractivity contribution < 1.29 is 9.13 Å². The molecule has 0 bridgehead atoms. The van der Waals surface area contributed by atoms with E-state index in [0.717, 1.165) is 37.4 Å². The molecule has 1 heterocycles. The van der Waals surface area contributed by atoms with Gasteiger partial charge in [-0.1, -0.05) is 12.1 Å². The minimum Gasteiger partial charge on any atom is -0.495 e. The normalized spacial score (nSPS) is 18.7. The molecule has 1 aromatic rings. The van der Waals surface area contributed by atoms with E-state index < -0.39 is 0 Å². The quantitative estimate of drug-likeness (QED) is 0.893. The first-order chi connectivity index (χ1) is 8.74. The highest BCUT2D eigenvalue weighted by Gasteiger charge is 2.34. The van der Waals surface area contributed by atoms with Crippen molar-refractivity contribution in [2.24, 2.45) is 11.1 Å². The minimum atomic E-state index is -0.316. The number of anilines is 1. The van der Waals surface area contributed by atoms with Gasteiger partial charge in [-0.3, -0.25) is 4.39 Å². The van der Waals surface area contributed by atoms with E-state index in [1.165, 1.54) is 0 Å². The van der Waals surface area contributed by atoms with Crippen LogP contribution >= 0.6 is 0 Å². The highest BCUT2D eigenvalue weighted by molar-refractivity contribution is 5.58. The predicted molar refractivity (Wildman–Crippen MR) is 71.9 cm³/mol. The Kier molecular flexibility index (Phi) is 4.07. The number of piperidine rings is 1. The Morgan fingerprint density at radius 1 is 1.33 bits per heavy atom. The van der Waals surface area contributed by atoms with Gasteiger partial charge in [0, 0.05) is 25.0 Å². The SMILES string of the molecule is COc1ccccc1N1CCC(CN)(CF)CC1. The third kappa shape index (κ3) is 2.43. The van der Waals surface area contributed by atoms with Crippen molar-refractivity contribution in [3.63, 3.8) is 0 Å². The van der Waals surface area contributed by atoms with Gasteiger partial charge in [-0.2, -0.15) is 0 Å². The number of hydrogen-bond acceptors (Lipinski definition) is 3. The van der Waals surface area contributed by atoms with E-state index in [-0.39, 0.29) is 12.1 Å². The van der Waals surface area contributed by atoms with Crippen LogP contribution in [-0.4, -0.2) is 33.4 Å². The molecule has 1 aliphatic rings. The summed E-state index contributed by atoms with van der Waals surface area (Å²) in [6.45, 7) is 1.79. The molecule has 2 rings (SSSR count). The van der Waals surface area contributed by atoms with Crippen LogP contribution < -0.4 is 15.4 Å². The number of nitrogens with two attached hydrogens (primary N) is 1. The van der Waals surface area contributed by atoms with Gasteiger partial charge < -0.3 is 15.4 Å². The first-order valence-corrected chi connectivity index (χ1v) is 6.39. The molecule has 100 valence electrons. The maximum absolute atomic E-state index is 13.1. The van der Waals surface area contributed by atoms with Gasteiger partial charge in [0.15, 0.2) is 0 Å². The lowest BCUT2D eigenvalue weighted by Gasteiger charge is -2.40. The van der Waals surface area contributed by atoms with E-state index in [1.807, 2.05) is 24.3 Å². The van der Waals surface area contributed by atoms with Gasteiger partial charge in [-0.05, 0) is 25.0 Å². The molecule has 2 N–H and O–H groups in total. The van der Waals surface area contributed by atoms with Crippen LogP contribution in [-0.2, 0) is 0 Å². The van der Waals surface area contributed by atoms with Gasteiger partial charge >= 0.3 is 0 Å². The van der Waals surface area contributed by atoms with Gasteiger partial charge in [0.05, 0.1) is 19.5 Å². The number of nitrogens with zero attached hydrogens (tertiary/aromatic N) is 1. The lowest BCUT2D eigenvalue weighted by atomic mass is 9.79. The first kappa shape index (κ1) is 13.1. The van der Waals surface area contributed by atoms with Crippen molar-refractivity contribution in [1.29, 1.82) is 0 Å². The highest BCUT2D eigenvalue weighted by atomic mass is 19.1. The van der Waals surface area contributed by atoms with Gasteiger partial charge in [-0.25, -0.2) is 0 Å². The van der Waals surface area contributed by atoms with Crippen molar-refractivity contribution in [2.75, 3.05) is 38.3 Å². The summed E-state index contributed by atoms with van der Waals surface area (Å²) in [5.41, 5.74) is 6.49. The topological polar surface area (TPSA) is 38.5 Å². The predicted octanol–water partition coefficient (Wildman–Crippen LogP) is 2.21. The Labute approximate surface area is 108 Å².